The molecule has 0 fully saturated rings. The Kier molecular flexibility index (Phi) is 17.4. The van der Waals surface area contributed by atoms with Crippen LogP contribution in [0.3, 0.4) is 0 Å². The van der Waals surface area contributed by atoms with Crippen LogP contribution in [0.25, 0.3) is 0 Å². The van der Waals surface area contributed by atoms with Gasteiger partial charge >= 0.3 is 0 Å². The summed E-state index contributed by atoms with van der Waals surface area (Å²) in [5, 5.41) is 6.71. The van der Waals surface area contributed by atoms with E-state index in [1.54, 1.807) is 0 Å². The van der Waals surface area contributed by atoms with Crippen LogP contribution in [-0.4, -0.2) is 38.8 Å². The van der Waals surface area contributed by atoms with Crippen molar-refractivity contribution in [3.63, 3.8) is 0 Å². The molecule has 0 atom stereocenters. The molecule has 25 heavy (non-hydrogen) atoms. The molecule has 0 spiro atoms. The van der Waals surface area contributed by atoms with Crippen LogP contribution in [0.1, 0.15) is 51.5 Å². The molecule has 5 heteroatoms. The Morgan fingerprint density at radius 1 is 0.960 bits per heavy atom. The third-order valence-corrected chi connectivity index (χ3v) is 3.79. The largest absolute Gasteiger partial charge is 0.382 e. The molecule has 4 nitrogen and oxygen atoms in total. The van der Waals surface area contributed by atoms with Crippen molar-refractivity contribution in [3.8, 4) is 0 Å². The zero-order valence-corrected chi connectivity index (χ0v) is 18.3. The van der Waals surface area contributed by atoms with Gasteiger partial charge < -0.3 is 15.4 Å². The molecule has 1 rings (SSSR count). The molecule has 144 valence electrons. The van der Waals surface area contributed by atoms with Gasteiger partial charge in [0.2, 0.25) is 0 Å². The van der Waals surface area contributed by atoms with Crippen molar-refractivity contribution in [2.24, 2.45) is 4.99 Å². The molecule has 0 aliphatic heterocycles. The molecular formula is C20H36IN3O. The number of hydrogen-bond donors (Lipinski definition) is 2. The topological polar surface area (TPSA) is 45.7 Å². The highest BCUT2D eigenvalue weighted by Crippen LogP contribution is 2.06. The van der Waals surface area contributed by atoms with Crippen LogP contribution in [-0.2, 0) is 11.2 Å². The highest BCUT2D eigenvalue weighted by Gasteiger charge is 1.97. The molecule has 0 amide bonds. The van der Waals surface area contributed by atoms with E-state index in [0.717, 1.165) is 58.1 Å². The molecule has 0 bridgehead atoms. The van der Waals surface area contributed by atoms with Crippen LogP contribution >= 0.6 is 24.0 Å². The zero-order valence-electron chi connectivity index (χ0n) is 15.9. The Hall–Kier alpha value is -0.820. The van der Waals surface area contributed by atoms with Crippen molar-refractivity contribution in [1.29, 1.82) is 0 Å². The van der Waals surface area contributed by atoms with Crippen molar-refractivity contribution in [1.82, 2.24) is 10.6 Å². The summed E-state index contributed by atoms with van der Waals surface area (Å²) >= 11 is 0. The van der Waals surface area contributed by atoms with Crippen molar-refractivity contribution >= 4 is 29.9 Å². The van der Waals surface area contributed by atoms with E-state index < -0.39 is 0 Å². The lowest BCUT2D eigenvalue weighted by Gasteiger charge is -2.11. The molecule has 0 aliphatic carbocycles. The quantitative estimate of drug-likeness (QED) is 0.198. The first kappa shape index (κ1) is 24.2. The van der Waals surface area contributed by atoms with E-state index in [9.17, 15) is 0 Å². The van der Waals surface area contributed by atoms with E-state index in [1.807, 2.05) is 6.92 Å². The number of nitrogens with one attached hydrogen (secondary N) is 2. The van der Waals surface area contributed by atoms with Gasteiger partial charge in [-0.25, -0.2) is 0 Å². The van der Waals surface area contributed by atoms with Crippen LogP contribution in [0.4, 0.5) is 0 Å². The highest BCUT2D eigenvalue weighted by atomic mass is 127. The van der Waals surface area contributed by atoms with Gasteiger partial charge in [-0.2, -0.15) is 0 Å². The van der Waals surface area contributed by atoms with Crippen molar-refractivity contribution in [2.75, 3.05) is 32.8 Å². The first-order valence-electron chi connectivity index (χ1n) is 9.50. The summed E-state index contributed by atoms with van der Waals surface area (Å²) in [4.78, 5) is 4.66. The lowest BCUT2D eigenvalue weighted by molar-refractivity contribution is 0.143. The van der Waals surface area contributed by atoms with Gasteiger partial charge in [-0.05, 0) is 51.5 Å². The normalized spacial score (nSPS) is 11.0. The second kappa shape index (κ2) is 18.0. The monoisotopic (exact) mass is 461 g/mol. The third-order valence-electron chi connectivity index (χ3n) is 3.79. The fourth-order valence-electron chi connectivity index (χ4n) is 2.48. The highest BCUT2D eigenvalue weighted by molar-refractivity contribution is 14.0. The number of hydrogen-bond acceptors (Lipinski definition) is 2. The molecule has 0 aliphatic rings. The van der Waals surface area contributed by atoms with Gasteiger partial charge in [0.05, 0.1) is 0 Å². The average molecular weight is 461 g/mol. The Bertz CT molecular complexity index is 426. The zero-order chi connectivity index (χ0) is 17.3. The van der Waals surface area contributed by atoms with Gasteiger partial charge in [-0.15, -0.1) is 24.0 Å². The number of unbranched alkanes of at least 4 members (excludes halogenated alkanes) is 3. The SMILES string of the molecule is CCNC(=NCCCCCc1ccccc1)NCCCCOCC.I. The fraction of sp³-hybridized carbons (Fsp3) is 0.650. The number of halogens is 1. The molecule has 1 aromatic rings. The summed E-state index contributed by atoms with van der Waals surface area (Å²) in [5.41, 5.74) is 1.43. The standard InChI is InChI=1S/C20H35N3O.HI/c1-3-21-20(23-17-11-12-18-24-4-2)22-16-10-6-9-15-19-13-7-5-8-14-19;/h5,7-8,13-14H,3-4,6,9-12,15-18H2,1-2H3,(H2,21,22,23);1H. The fourth-order valence-corrected chi connectivity index (χ4v) is 2.48. The van der Waals surface area contributed by atoms with Crippen molar-refractivity contribution in [3.05, 3.63) is 35.9 Å². The lowest BCUT2D eigenvalue weighted by Crippen LogP contribution is -2.37. The van der Waals surface area contributed by atoms with E-state index >= 15 is 0 Å². The number of aliphatic imine (C=N–C) groups is 1. The maximum atomic E-state index is 5.35. The van der Waals surface area contributed by atoms with E-state index in [2.05, 4.69) is 52.9 Å². The number of benzene rings is 1. The summed E-state index contributed by atoms with van der Waals surface area (Å²) in [7, 11) is 0. The summed E-state index contributed by atoms with van der Waals surface area (Å²) in [5.74, 6) is 0.942. The Balaban J connectivity index is 0.00000576. The molecule has 0 heterocycles. The Morgan fingerprint density at radius 2 is 1.76 bits per heavy atom. The molecular weight excluding hydrogens is 425 g/mol. The lowest BCUT2D eigenvalue weighted by atomic mass is 10.1. The summed E-state index contributed by atoms with van der Waals surface area (Å²) in [6, 6.07) is 10.7. The summed E-state index contributed by atoms with van der Waals surface area (Å²) < 4.78 is 5.35. The maximum Gasteiger partial charge on any atom is 0.191 e. The van der Waals surface area contributed by atoms with Crippen LogP contribution in [0, 0.1) is 0 Å². The molecule has 0 unspecified atom stereocenters. The first-order valence-corrected chi connectivity index (χ1v) is 9.50. The third kappa shape index (κ3) is 14.1. The van der Waals surface area contributed by atoms with Gasteiger partial charge in [0.25, 0.3) is 0 Å². The molecule has 0 saturated carbocycles. The Morgan fingerprint density at radius 3 is 2.48 bits per heavy atom. The minimum Gasteiger partial charge on any atom is -0.382 e. The molecule has 2 N–H and O–H groups in total. The van der Waals surface area contributed by atoms with E-state index in [4.69, 9.17) is 4.74 Å². The number of rotatable bonds is 13. The number of ether oxygens (including phenoxy) is 1. The Labute approximate surface area is 171 Å². The summed E-state index contributed by atoms with van der Waals surface area (Å²) in [6.45, 7) is 8.55. The smallest absolute Gasteiger partial charge is 0.191 e. The van der Waals surface area contributed by atoms with Crippen LogP contribution in [0.2, 0.25) is 0 Å². The van der Waals surface area contributed by atoms with E-state index in [1.165, 1.54) is 24.8 Å². The second-order valence-corrected chi connectivity index (χ2v) is 5.89. The van der Waals surface area contributed by atoms with E-state index in [0.29, 0.717) is 0 Å². The first-order chi connectivity index (χ1) is 11.9. The minimum atomic E-state index is 0. The number of guanidine groups is 1. The molecule has 0 saturated heterocycles. The van der Waals surface area contributed by atoms with E-state index in [-0.39, 0.29) is 24.0 Å². The van der Waals surface area contributed by atoms with Crippen LogP contribution < -0.4 is 10.6 Å². The van der Waals surface area contributed by atoms with Gasteiger partial charge in [-0.1, -0.05) is 36.8 Å². The number of aryl methyl sites for hydroxylation is 1. The molecule has 0 aromatic heterocycles. The summed E-state index contributed by atoms with van der Waals surface area (Å²) in [6.07, 6.45) is 6.99. The van der Waals surface area contributed by atoms with Gasteiger partial charge in [0.1, 0.15) is 0 Å². The molecule has 1 aromatic carbocycles. The van der Waals surface area contributed by atoms with Gasteiger partial charge in [0, 0.05) is 32.8 Å². The van der Waals surface area contributed by atoms with Crippen molar-refractivity contribution < 1.29 is 4.74 Å². The predicted molar refractivity (Wildman–Crippen MR) is 119 cm³/mol. The molecule has 0 radical (unpaired) electrons. The second-order valence-electron chi connectivity index (χ2n) is 5.89. The van der Waals surface area contributed by atoms with Crippen molar-refractivity contribution in [2.45, 2.75) is 52.4 Å². The average Bonchev–Trinajstić information content (AvgIpc) is 2.61. The van der Waals surface area contributed by atoms with Crippen LogP contribution in [0.15, 0.2) is 35.3 Å². The van der Waals surface area contributed by atoms with Crippen LogP contribution in [0.5, 0.6) is 0 Å². The maximum absolute atomic E-state index is 5.35. The number of nitrogens with zero attached hydrogens (tertiary/aromatic N) is 1. The van der Waals surface area contributed by atoms with Gasteiger partial charge in [-0.3, -0.25) is 4.99 Å². The minimum absolute atomic E-state index is 0. The van der Waals surface area contributed by atoms with Gasteiger partial charge in [0.15, 0.2) is 5.96 Å². The predicted octanol–water partition coefficient (Wildman–Crippen LogP) is 4.39.